The second kappa shape index (κ2) is 4.84. The SMILES string of the molecule is CC(C)[C@@H]1CC[C@@H](C)CC1OC(=O)[C@@]1(C)O[C@@H]1C. The maximum Gasteiger partial charge on any atom is 0.341 e. The van der Waals surface area contributed by atoms with Crippen molar-refractivity contribution < 1.29 is 14.3 Å². The lowest BCUT2D eigenvalue weighted by atomic mass is 9.75. The van der Waals surface area contributed by atoms with E-state index in [2.05, 4.69) is 20.8 Å². The van der Waals surface area contributed by atoms with Crippen LogP contribution in [-0.4, -0.2) is 23.8 Å². The molecule has 0 aromatic rings. The maximum absolute atomic E-state index is 12.1. The van der Waals surface area contributed by atoms with Crippen molar-refractivity contribution in [3.05, 3.63) is 0 Å². The van der Waals surface area contributed by atoms with Gasteiger partial charge in [0.2, 0.25) is 0 Å². The average Bonchev–Trinajstić information content (AvgIpc) is 2.88. The van der Waals surface area contributed by atoms with Gasteiger partial charge >= 0.3 is 5.97 Å². The molecule has 18 heavy (non-hydrogen) atoms. The summed E-state index contributed by atoms with van der Waals surface area (Å²) < 4.78 is 11.1. The number of rotatable bonds is 3. The van der Waals surface area contributed by atoms with Gasteiger partial charge in [0.15, 0.2) is 5.60 Å². The minimum atomic E-state index is -0.678. The first kappa shape index (κ1) is 13.9. The molecule has 104 valence electrons. The second-order valence-corrected chi connectivity index (χ2v) is 6.64. The Kier molecular flexibility index (Phi) is 3.72. The van der Waals surface area contributed by atoms with E-state index in [0.29, 0.717) is 17.8 Å². The first-order chi connectivity index (χ1) is 8.34. The molecule has 0 N–H and O–H groups in total. The molecule has 0 spiro atoms. The van der Waals surface area contributed by atoms with Gasteiger partial charge in [-0.05, 0) is 44.4 Å². The van der Waals surface area contributed by atoms with Crippen LogP contribution in [0.2, 0.25) is 0 Å². The number of carbonyl (C=O) groups is 1. The zero-order valence-corrected chi connectivity index (χ0v) is 12.2. The van der Waals surface area contributed by atoms with Crippen LogP contribution >= 0.6 is 0 Å². The Hall–Kier alpha value is -0.570. The highest BCUT2D eigenvalue weighted by Crippen LogP contribution is 2.40. The fourth-order valence-electron chi connectivity index (χ4n) is 3.05. The number of carbonyl (C=O) groups excluding carboxylic acids is 1. The number of hydrogen-bond acceptors (Lipinski definition) is 3. The quantitative estimate of drug-likeness (QED) is 0.573. The van der Waals surface area contributed by atoms with Gasteiger partial charge in [-0.25, -0.2) is 4.79 Å². The Balaban J connectivity index is 1.98. The van der Waals surface area contributed by atoms with E-state index in [1.165, 1.54) is 12.8 Å². The fourth-order valence-corrected chi connectivity index (χ4v) is 3.05. The van der Waals surface area contributed by atoms with E-state index in [-0.39, 0.29) is 18.2 Å². The molecule has 1 saturated heterocycles. The Labute approximate surface area is 110 Å². The van der Waals surface area contributed by atoms with E-state index < -0.39 is 5.60 Å². The standard InChI is InChI=1S/C15H26O3/c1-9(2)12-7-6-10(3)8-13(12)17-14(16)15(5)11(4)18-15/h9-13H,6-8H2,1-5H3/t10-,11-,12+,13?,15+/m1/s1. The van der Waals surface area contributed by atoms with E-state index in [1.54, 1.807) is 0 Å². The van der Waals surface area contributed by atoms with Crippen LogP contribution in [0.25, 0.3) is 0 Å². The molecule has 2 fully saturated rings. The van der Waals surface area contributed by atoms with Gasteiger partial charge in [-0.3, -0.25) is 0 Å². The lowest BCUT2D eigenvalue weighted by Gasteiger charge is -2.37. The fraction of sp³-hybridized carbons (Fsp3) is 0.933. The smallest absolute Gasteiger partial charge is 0.341 e. The topological polar surface area (TPSA) is 38.8 Å². The van der Waals surface area contributed by atoms with Crippen LogP contribution in [-0.2, 0) is 14.3 Å². The number of epoxide rings is 1. The Morgan fingerprint density at radius 2 is 1.94 bits per heavy atom. The summed E-state index contributed by atoms with van der Waals surface area (Å²) >= 11 is 0. The maximum atomic E-state index is 12.1. The third kappa shape index (κ3) is 2.56. The molecule has 5 atom stereocenters. The largest absolute Gasteiger partial charge is 0.460 e. The number of esters is 1. The van der Waals surface area contributed by atoms with E-state index in [9.17, 15) is 4.79 Å². The molecule has 0 radical (unpaired) electrons. The van der Waals surface area contributed by atoms with Crippen molar-refractivity contribution in [2.45, 2.75) is 71.7 Å². The summed E-state index contributed by atoms with van der Waals surface area (Å²) in [5.74, 6) is 1.56. The molecule has 0 bridgehead atoms. The lowest BCUT2D eigenvalue weighted by molar-refractivity contribution is -0.161. The van der Waals surface area contributed by atoms with Gasteiger partial charge in [-0.2, -0.15) is 0 Å². The van der Waals surface area contributed by atoms with Crippen LogP contribution in [0.4, 0.5) is 0 Å². The highest BCUT2D eigenvalue weighted by molar-refractivity contribution is 5.82. The van der Waals surface area contributed by atoms with Crippen molar-refractivity contribution in [2.24, 2.45) is 17.8 Å². The minimum Gasteiger partial charge on any atom is -0.460 e. The van der Waals surface area contributed by atoms with Gasteiger partial charge in [0, 0.05) is 0 Å². The molecule has 3 nitrogen and oxygen atoms in total. The van der Waals surface area contributed by atoms with Crippen LogP contribution in [0, 0.1) is 17.8 Å². The van der Waals surface area contributed by atoms with Crippen LogP contribution in [0.5, 0.6) is 0 Å². The van der Waals surface area contributed by atoms with Crippen molar-refractivity contribution in [3.63, 3.8) is 0 Å². The molecule has 1 heterocycles. The normalized spacial score (nSPS) is 43.9. The molecule has 1 unspecified atom stereocenters. The second-order valence-electron chi connectivity index (χ2n) is 6.64. The van der Waals surface area contributed by atoms with E-state index in [4.69, 9.17) is 9.47 Å². The molecule has 3 heteroatoms. The third-order valence-corrected chi connectivity index (χ3v) is 4.77. The van der Waals surface area contributed by atoms with Crippen molar-refractivity contribution in [3.8, 4) is 0 Å². The first-order valence-electron chi connectivity index (χ1n) is 7.23. The zero-order chi connectivity index (χ0) is 13.5. The van der Waals surface area contributed by atoms with E-state index >= 15 is 0 Å². The summed E-state index contributed by atoms with van der Waals surface area (Å²) in [5, 5.41) is 0. The predicted molar refractivity (Wildman–Crippen MR) is 70.2 cm³/mol. The summed E-state index contributed by atoms with van der Waals surface area (Å²) in [6.07, 6.45) is 3.50. The van der Waals surface area contributed by atoms with Crippen LogP contribution in [0.15, 0.2) is 0 Å². The monoisotopic (exact) mass is 254 g/mol. The van der Waals surface area contributed by atoms with Crippen molar-refractivity contribution in [2.75, 3.05) is 0 Å². The van der Waals surface area contributed by atoms with Crippen LogP contribution in [0.3, 0.4) is 0 Å². The summed E-state index contributed by atoms with van der Waals surface area (Å²) in [6.45, 7) is 10.4. The summed E-state index contributed by atoms with van der Waals surface area (Å²) in [4.78, 5) is 12.1. The van der Waals surface area contributed by atoms with Gasteiger partial charge in [0.05, 0.1) is 6.10 Å². The molecule has 1 aliphatic carbocycles. The van der Waals surface area contributed by atoms with Crippen molar-refractivity contribution >= 4 is 5.97 Å². The zero-order valence-electron chi connectivity index (χ0n) is 12.2. The summed E-state index contributed by atoms with van der Waals surface area (Å²) in [7, 11) is 0. The van der Waals surface area contributed by atoms with Gasteiger partial charge in [-0.15, -0.1) is 0 Å². The molecule has 1 saturated carbocycles. The molecule has 2 aliphatic rings. The molecule has 0 amide bonds. The Morgan fingerprint density at radius 1 is 1.33 bits per heavy atom. The van der Waals surface area contributed by atoms with Crippen LogP contribution < -0.4 is 0 Å². The first-order valence-corrected chi connectivity index (χ1v) is 7.23. The van der Waals surface area contributed by atoms with Crippen molar-refractivity contribution in [1.82, 2.24) is 0 Å². The van der Waals surface area contributed by atoms with Gasteiger partial charge < -0.3 is 9.47 Å². The highest BCUT2D eigenvalue weighted by atomic mass is 16.7. The summed E-state index contributed by atoms with van der Waals surface area (Å²) in [5.41, 5.74) is -0.678. The van der Waals surface area contributed by atoms with Gasteiger partial charge in [0.25, 0.3) is 0 Å². The predicted octanol–water partition coefficient (Wildman–Crippen LogP) is 3.17. The number of hydrogen-bond donors (Lipinski definition) is 0. The molecule has 0 aromatic carbocycles. The highest BCUT2D eigenvalue weighted by Gasteiger charge is 2.58. The Morgan fingerprint density at radius 3 is 2.44 bits per heavy atom. The van der Waals surface area contributed by atoms with Crippen LogP contribution in [0.1, 0.15) is 53.9 Å². The van der Waals surface area contributed by atoms with E-state index in [0.717, 1.165) is 6.42 Å². The molecule has 1 aliphatic heterocycles. The Bertz CT molecular complexity index is 326. The molecular weight excluding hydrogens is 228 g/mol. The van der Waals surface area contributed by atoms with E-state index in [1.807, 2.05) is 13.8 Å². The molecule has 2 rings (SSSR count). The van der Waals surface area contributed by atoms with Gasteiger partial charge in [0.1, 0.15) is 6.10 Å². The third-order valence-electron chi connectivity index (χ3n) is 4.77. The minimum absolute atomic E-state index is 0.00325. The van der Waals surface area contributed by atoms with Crippen molar-refractivity contribution in [1.29, 1.82) is 0 Å². The lowest BCUT2D eigenvalue weighted by Crippen LogP contribution is -2.39. The summed E-state index contributed by atoms with van der Waals surface area (Å²) in [6, 6.07) is 0. The van der Waals surface area contributed by atoms with Gasteiger partial charge in [-0.1, -0.05) is 27.2 Å². The average molecular weight is 254 g/mol. The number of ether oxygens (including phenoxy) is 2. The molecular formula is C15H26O3. The molecule has 0 aromatic heterocycles.